The van der Waals surface area contributed by atoms with Gasteiger partial charge < -0.3 is 15.4 Å². The number of para-hydroxylation sites is 2. The van der Waals surface area contributed by atoms with E-state index in [1.807, 2.05) is 24.3 Å². The number of carbonyl (C=O) groups is 1. The van der Waals surface area contributed by atoms with Crippen molar-refractivity contribution in [3.05, 3.63) is 30.1 Å². The van der Waals surface area contributed by atoms with Gasteiger partial charge in [0, 0.05) is 0 Å². The Hall–Kier alpha value is -2.04. The monoisotopic (exact) mass is 191 g/mol. The van der Waals surface area contributed by atoms with Crippen molar-refractivity contribution in [2.75, 3.05) is 0 Å². The first-order valence-corrected chi connectivity index (χ1v) is 4.16. The van der Waals surface area contributed by atoms with Crippen LogP contribution in [0.15, 0.2) is 24.3 Å². The number of carboxylic acid groups (broad SMARTS) is 1. The van der Waals surface area contributed by atoms with Crippen molar-refractivity contribution in [3.8, 4) is 0 Å². The van der Waals surface area contributed by atoms with Gasteiger partial charge in [-0.3, -0.25) is 0 Å². The first-order chi connectivity index (χ1) is 6.75. The number of rotatable bonds is 2. The second kappa shape index (κ2) is 3.37. The number of hydrogen-bond acceptors (Lipinski definition) is 2. The van der Waals surface area contributed by atoms with Gasteiger partial charge >= 0.3 is 6.09 Å². The summed E-state index contributed by atoms with van der Waals surface area (Å²) < 4.78 is 0. The third kappa shape index (κ3) is 1.66. The minimum Gasteiger partial charge on any atom is -0.465 e. The van der Waals surface area contributed by atoms with E-state index in [-0.39, 0.29) is 6.54 Å². The van der Waals surface area contributed by atoms with Crippen LogP contribution in [-0.2, 0) is 6.54 Å². The summed E-state index contributed by atoms with van der Waals surface area (Å²) in [6.45, 7) is 0.198. The van der Waals surface area contributed by atoms with E-state index < -0.39 is 6.09 Å². The Morgan fingerprint density at radius 2 is 2.29 bits per heavy atom. The van der Waals surface area contributed by atoms with Crippen LogP contribution in [0, 0.1) is 0 Å². The zero-order chi connectivity index (χ0) is 9.97. The van der Waals surface area contributed by atoms with Gasteiger partial charge in [0.15, 0.2) is 0 Å². The van der Waals surface area contributed by atoms with Crippen molar-refractivity contribution < 1.29 is 9.90 Å². The number of hydrogen-bond donors (Lipinski definition) is 3. The molecule has 0 atom stereocenters. The highest BCUT2D eigenvalue weighted by molar-refractivity contribution is 5.74. The lowest BCUT2D eigenvalue weighted by atomic mass is 10.3. The molecule has 2 aromatic rings. The van der Waals surface area contributed by atoms with Gasteiger partial charge in [-0.1, -0.05) is 12.1 Å². The van der Waals surface area contributed by atoms with Gasteiger partial charge in [-0.05, 0) is 12.1 Å². The third-order valence-corrected chi connectivity index (χ3v) is 1.85. The molecule has 0 aliphatic heterocycles. The standard InChI is InChI=1S/C9H9N3O2/c13-9(14)10-5-8-11-6-3-1-2-4-7(6)12-8/h1-4,10H,5H2,(H,11,12)(H,13,14). The number of H-pyrrole nitrogens is 1. The van der Waals surface area contributed by atoms with E-state index in [1.54, 1.807) is 0 Å². The highest BCUT2D eigenvalue weighted by Gasteiger charge is 2.02. The van der Waals surface area contributed by atoms with E-state index >= 15 is 0 Å². The van der Waals surface area contributed by atoms with Crippen molar-refractivity contribution in [1.29, 1.82) is 0 Å². The highest BCUT2D eigenvalue weighted by Crippen LogP contribution is 2.09. The summed E-state index contributed by atoms with van der Waals surface area (Å²) in [5.74, 6) is 0.619. The Balaban J connectivity index is 2.22. The van der Waals surface area contributed by atoms with Crippen molar-refractivity contribution in [2.45, 2.75) is 6.54 Å². The van der Waals surface area contributed by atoms with Crippen LogP contribution >= 0.6 is 0 Å². The zero-order valence-electron chi connectivity index (χ0n) is 7.32. The lowest BCUT2D eigenvalue weighted by Gasteiger charge is -1.94. The maximum Gasteiger partial charge on any atom is 0.405 e. The van der Waals surface area contributed by atoms with E-state index in [0.29, 0.717) is 5.82 Å². The smallest absolute Gasteiger partial charge is 0.405 e. The van der Waals surface area contributed by atoms with Crippen LogP contribution < -0.4 is 5.32 Å². The van der Waals surface area contributed by atoms with Crippen LogP contribution in [0.2, 0.25) is 0 Å². The molecule has 5 heteroatoms. The maximum absolute atomic E-state index is 10.2. The zero-order valence-corrected chi connectivity index (χ0v) is 7.32. The molecule has 3 N–H and O–H groups in total. The summed E-state index contributed by atoms with van der Waals surface area (Å²) >= 11 is 0. The molecule has 0 unspecified atom stereocenters. The molecule has 1 aromatic heterocycles. The van der Waals surface area contributed by atoms with Crippen LogP contribution in [0.3, 0.4) is 0 Å². The van der Waals surface area contributed by atoms with Crippen LogP contribution in [0.5, 0.6) is 0 Å². The molecule has 0 spiro atoms. The predicted molar refractivity (Wildman–Crippen MR) is 51.0 cm³/mol. The van der Waals surface area contributed by atoms with E-state index in [0.717, 1.165) is 11.0 Å². The number of benzene rings is 1. The average molecular weight is 191 g/mol. The average Bonchev–Trinajstić information content (AvgIpc) is 2.57. The predicted octanol–water partition coefficient (Wildman–Crippen LogP) is 1.33. The number of amides is 1. The molecule has 5 nitrogen and oxygen atoms in total. The summed E-state index contributed by atoms with van der Waals surface area (Å²) in [6, 6.07) is 7.55. The molecule has 1 aromatic carbocycles. The third-order valence-electron chi connectivity index (χ3n) is 1.85. The molecule has 0 fully saturated rings. The van der Waals surface area contributed by atoms with E-state index in [9.17, 15) is 4.79 Å². The summed E-state index contributed by atoms with van der Waals surface area (Å²) in [5, 5.41) is 10.6. The summed E-state index contributed by atoms with van der Waals surface area (Å²) in [7, 11) is 0. The topological polar surface area (TPSA) is 78.0 Å². The minimum atomic E-state index is -1.05. The molecule has 72 valence electrons. The van der Waals surface area contributed by atoms with Gasteiger partial charge in [0.1, 0.15) is 5.82 Å². The van der Waals surface area contributed by atoms with Crippen molar-refractivity contribution in [2.24, 2.45) is 0 Å². The Labute approximate surface area is 79.8 Å². The fourth-order valence-corrected chi connectivity index (χ4v) is 1.25. The van der Waals surface area contributed by atoms with E-state index in [1.165, 1.54) is 0 Å². The molecule has 0 radical (unpaired) electrons. The molecule has 0 aliphatic rings. The summed E-state index contributed by atoms with van der Waals surface area (Å²) in [5.41, 5.74) is 1.75. The Kier molecular flexibility index (Phi) is 2.06. The number of nitrogens with zero attached hydrogens (tertiary/aromatic N) is 1. The summed E-state index contributed by atoms with van der Waals surface area (Å²) in [4.78, 5) is 17.5. The van der Waals surface area contributed by atoms with Gasteiger partial charge in [-0.25, -0.2) is 9.78 Å². The number of fused-ring (bicyclic) bond motifs is 1. The second-order valence-electron chi connectivity index (χ2n) is 2.86. The fraction of sp³-hybridized carbons (Fsp3) is 0.111. The van der Waals surface area contributed by atoms with Gasteiger partial charge in [0.25, 0.3) is 0 Å². The van der Waals surface area contributed by atoms with Gasteiger partial charge in [-0.2, -0.15) is 0 Å². The maximum atomic E-state index is 10.2. The summed E-state index contributed by atoms with van der Waals surface area (Å²) in [6.07, 6.45) is -1.05. The lowest BCUT2D eigenvalue weighted by Crippen LogP contribution is -2.20. The van der Waals surface area contributed by atoms with Gasteiger partial charge in [0.2, 0.25) is 0 Å². The molecule has 0 aliphatic carbocycles. The first kappa shape index (κ1) is 8.55. The molecular formula is C9H9N3O2. The highest BCUT2D eigenvalue weighted by atomic mass is 16.4. The van der Waals surface area contributed by atoms with Crippen molar-refractivity contribution in [1.82, 2.24) is 15.3 Å². The number of nitrogens with one attached hydrogen (secondary N) is 2. The first-order valence-electron chi connectivity index (χ1n) is 4.16. The van der Waals surface area contributed by atoms with Crippen LogP contribution in [-0.4, -0.2) is 21.2 Å². The molecular weight excluding hydrogens is 182 g/mol. The van der Waals surface area contributed by atoms with Gasteiger partial charge in [-0.15, -0.1) is 0 Å². The molecule has 2 rings (SSSR count). The number of imidazole rings is 1. The minimum absolute atomic E-state index is 0.198. The normalized spacial score (nSPS) is 10.3. The van der Waals surface area contributed by atoms with Crippen LogP contribution in [0.25, 0.3) is 11.0 Å². The van der Waals surface area contributed by atoms with Crippen LogP contribution in [0.4, 0.5) is 4.79 Å². The van der Waals surface area contributed by atoms with E-state index in [4.69, 9.17) is 5.11 Å². The fourth-order valence-electron chi connectivity index (χ4n) is 1.25. The van der Waals surface area contributed by atoms with Crippen molar-refractivity contribution >= 4 is 17.1 Å². The van der Waals surface area contributed by atoms with E-state index in [2.05, 4.69) is 15.3 Å². The Morgan fingerprint density at radius 3 is 3.00 bits per heavy atom. The molecule has 1 amide bonds. The number of aromatic amines is 1. The largest absolute Gasteiger partial charge is 0.465 e. The van der Waals surface area contributed by atoms with Crippen LogP contribution in [0.1, 0.15) is 5.82 Å². The SMILES string of the molecule is O=C(O)NCc1nc2ccccc2[nH]1. The Bertz CT molecular complexity index is 431. The second-order valence-corrected chi connectivity index (χ2v) is 2.86. The molecule has 1 heterocycles. The molecule has 0 saturated heterocycles. The quantitative estimate of drug-likeness (QED) is 0.670. The Morgan fingerprint density at radius 1 is 1.50 bits per heavy atom. The number of aromatic nitrogens is 2. The molecule has 0 saturated carbocycles. The molecule has 14 heavy (non-hydrogen) atoms. The molecule has 0 bridgehead atoms. The van der Waals surface area contributed by atoms with Gasteiger partial charge in [0.05, 0.1) is 17.6 Å². The lowest BCUT2D eigenvalue weighted by molar-refractivity contribution is 0.193. The van der Waals surface area contributed by atoms with Crippen molar-refractivity contribution in [3.63, 3.8) is 0 Å².